The van der Waals surface area contributed by atoms with Gasteiger partial charge in [-0.05, 0) is 12.8 Å². The van der Waals surface area contributed by atoms with Crippen LogP contribution in [0.5, 0.6) is 0 Å². The molecule has 0 aliphatic rings. The van der Waals surface area contributed by atoms with Crippen molar-refractivity contribution in [3.63, 3.8) is 0 Å². The van der Waals surface area contributed by atoms with Gasteiger partial charge in [0.1, 0.15) is 0 Å². The summed E-state index contributed by atoms with van der Waals surface area (Å²) in [5.41, 5.74) is 0. The van der Waals surface area contributed by atoms with Crippen LogP contribution in [0.3, 0.4) is 0 Å². The Morgan fingerprint density at radius 2 is 1.27 bits per heavy atom. The van der Waals surface area contributed by atoms with Crippen molar-refractivity contribution in [2.75, 3.05) is 13.2 Å². The molecule has 0 fully saturated rings. The second kappa shape index (κ2) is 22.7. The van der Waals surface area contributed by atoms with Gasteiger partial charge < -0.3 is 14.6 Å². The van der Waals surface area contributed by atoms with Gasteiger partial charge in [0, 0.05) is 0 Å². The average molecular weight is 479 g/mol. The zero-order chi connectivity index (χ0) is 20.0. The third-order valence-electron chi connectivity index (χ3n) is 3.55. The van der Waals surface area contributed by atoms with E-state index in [2.05, 4.69) is 13.8 Å². The minimum absolute atomic E-state index is 0.149. The van der Waals surface area contributed by atoms with E-state index in [1.165, 1.54) is 25.7 Å². The van der Waals surface area contributed by atoms with E-state index in [9.17, 15) is 14.7 Å². The van der Waals surface area contributed by atoms with Crippen LogP contribution in [-0.2, 0) is 19.1 Å². The summed E-state index contributed by atoms with van der Waals surface area (Å²) in [6.07, 6.45) is 7.45. The van der Waals surface area contributed by atoms with E-state index in [-0.39, 0.29) is 34.2 Å². The first kappa shape index (κ1) is 27.9. The molecule has 0 aromatic heterocycles. The number of carbonyl (C=O) groups excluding carboxylic acids is 2. The molecular formula is C20H40O5Sn. The van der Waals surface area contributed by atoms with Gasteiger partial charge in [-0.25, -0.2) is 4.79 Å². The summed E-state index contributed by atoms with van der Waals surface area (Å²) in [5.74, 6) is -1.33. The molecular weight excluding hydrogens is 439 g/mol. The van der Waals surface area contributed by atoms with Crippen LogP contribution in [0.15, 0.2) is 0 Å². The Balaban J connectivity index is 0. The first-order chi connectivity index (χ1) is 12.5. The maximum absolute atomic E-state index is 11.2. The second-order valence-corrected chi connectivity index (χ2v) is 10.6. The molecule has 6 heteroatoms. The topological polar surface area (TPSA) is 72.8 Å². The predicted molar refractivity (Wildman–Crippen MR) is 108 cm³/mol. The van der Waals surface area contributed by atoms with Crippen molar-refractivity contribution in [3.8, 4) is 0 Å². The molecule has 0 bridgehead atoms. The second-order valence-electron chi connectivity index (χ2n) is 6.27. The molecule has 1 unspecified atom stereocenters. The molecule has 0 aliphatic heterocycles. The van der Waals surface area contributed by atoms with Crippen LogP contribution in [-0.4, -0.2) is 57.5 Å². The Morgan fingerprint density at radius 1 is 0.808 bits per heavy atom. The Kier molecular flexibility index (Phi) is 24.4. The Bertz CT molecular complexity index is 317. The van der Waals surface area contributed by atoms with Crippen molar-refractivity contribution in [2.24, 2.45) is 0 Å². The van der Waals surface area contributed by atoms with Crippen molar-refractivity contribution in [1.82, 2.24) is 0 Å². The van der Waals surface area contributed by atoms with E-state index in [0.29, 0.717) is 6.61 Å². The molecule has 0 aromatic carbocycles. The van der Waals surface area contributed by atoms with Gasteiger partial charge in [-0.15, -0.1) is 0 Å². The van der Waals surface area contributed by atoms with Crippen LogP contribution in [0, 0.1) is 0 Å². The Hall–Kier alpha value is -0.301. The Morgan fingerprint density at radius 3 is 1.73 bits per heavy atom. The first-order valence-electron chi connectivity index (χ1n) is 10.2. The number of hydrogen-bond acceptors (Lipinski definition) is 5. The molecule has 154 valence electrons. The molecule has 0 saturated carbocycles. The Labute approximate surface area is 170 Å². The summed E-state index contributed by atoms with van der Waals surface area (Å²) >= 11 is 0.149. The normalized spacial score (nSPS) is 11.3. The fourth-order valence-electron chi connectivity index (χ4n) is 1.77. The van der Waals surface area contributed by atoms with Crippen molar-refractivity contribution in [3.05, 3.63) is 0 Å². The number of hydrogen-bond donors (Lipinski definition) is 1. The van der Waals surface area contributed by atoms with Gasteiger partial charge in [0.25, 0.3) is 0 Å². The molecule has 26 heavy (non-hydrogen) atoms. The van der Waals surface area contributed by atoms with E-state index in [4.69, 9.17) is 9.47 Å². The third-order valence-corrected chi connectivity index (χ3v) is 7.59. The predicted octanol–water partition coefficient (Wildman–Crippen LogP) is 4.55. The number of carbonyl (C=O) groups is 2. The molecule has 1 atom stereocenters. The zero-order valence-corrected chi connectivity index (χ0v) is 20.2. The van der Waals surface area contributed by atoms with Gasteiger partial charge in [-0.2, -0.15) is 0 Å². The average Bonchev–Trinajstić information content (AvgIpc) is 2.62. The SMILES string of the molecule is CCCCOC(=O)CC(O)C(=O)OCCCC.CCC[CH2][Sn][CH2]CCC. The molecule has 0 aliphatic carbocycles. The monoisotopic (exact) mass is 480 g/mol. The molecule has 1 N–H and O–H groups in total. The maximum atomic E-state index is 11.2. The number of aliphatic hydroxyl groups is 1. The van der Waals surface area contributed by atoms with Crippen molar-refractivity contribution >= 4 is 33.1 Å². The molecule has 0 saturated heterocycles. The van der Waals surface area contributed by atoms with Gasteiger partial charge in [0.05, 0.1) is 19.6 Å². The van der Waals surface area contributed by atoms with Crippen LogP contribution in [0.25, 0.3) is 0 Å². The molecule has 5 nitrogen and oxygen atoms in total. The van der Waals surface area contributed by atoms with Crippen LogP contribution in [0.1, 0.15) is 85.5 Å². The van der Waals surface area contributed by atoms with E-state index in [1.807, 2.05) is 13.8 Å². The van der Waals surface area contributed by atoms with Crippen molar-refractivity contribution < 1.29 is 24.2 Å². The summed E-state index contributed by atoms with van der Waals surface area (Å²) in [6.45, 7) is 9.13. The molecule has 0 aromatic rings. The summed E-state index contributed by atoms with van der Waals surface area (Å²) in [4.78, 5) is 22.4. The van der Waals surface area contributed by atoms with Crippen molar-refractivity contribution in [2.45, 2.75) is 100 Å². The van der Waals surface area contributed by atoms with Gasteiger partial charge in [-0.1, -0.05) is 26.7 Å². The number of esters is 2. The fraction of sp³-hybridized carbons (Fsp3) is 0.900. The fourth-order valence-corrected chi connectivity index (χ4v) is 5.93. The first-order valence-corrected chi connectivity index (χ1v) is 14.3. The van der Waals surface area contributed by atoms with Gasteiger partial charge in [-0.3, -0.25) is 4.79 Å². The van der Waals surface area contributed by atoms with Crippen LogP contribution < -0.4 is 0 Å². The summed E-state index contributed by atoms with van der Waals surface area (Å²) in [7, 11) is 0. The van der Waals surface area contributed by atoms with Crippen LogP contribution in [0.4, 0.5) is 0 Å². The quantitative estimate of drug-likeness (QED) is 0.212. The molecule has 0 heterocycles. The van der Waals surface area contributed by atoms with Crippen LogP contribution >= 0.6 is 0 Å². The van der Waals surface area contributed by atoms with Gasteiger partial charge >= 0.3 is 81.5 Å². The molecule has 0 rings (SSSR count). The number of ether oxygens (including phenoxy) is 2. The number of unbranched alkanes of at least 4 members (excludes halogenated alkanes) is 4. The zero-order valence-electron chi connectivity index (χ0n) is 17.3. The number of aliphatic hydroxyl groups excluding tert-OH is 1. The van der Waals surface area contributed by atoms with Gasteiger partial charge in [0.15, 0.2) is 6.10 Å². The summed E-state index contributed by atoms with van der Waals surface area (Å²) in [6, 6.07) is 0. The van der Waals surface area contributed by atoms with E-state index in [1.54, 1.807) is 8.87 Å². The van der Waals surface area contributed by atoms with E-state index >= 15 is 0 Å². The molecule has 0 amide bonds. The van der Waals surface area contributed by atoms with Crippen molar-refractivity contribution in [1.29, 1.82) is 0 Å². The van der Waals surface area contributed by atoms with Crippen LogP contribution in [0.2, 0.25) is 8.87 Å². The summed E-state index contributed by atoms with van der Waals surface area (Å²) in [5, 5.41) is 9.37. The summed E-state index contributed by atoms with van der Waals surface area (Å²) < 4.78 is 12.8. The number of rotatable bonds is 15. The standard InChI is InChI=1S/C12H22O5.2C4H9.Sn/c1-3-5-7-16-11(14)9-10(13)12(15)17-8-6-4-2;2*1-3-4-2;/h10,13H,3-9H2,1-2H3;2*1,3-4H2,2H3;. The third kappa shape index (κ3) is 21.7. The molecule has 2 radical (unpaired) electrons. The van der Waals surface area contributed by atoms with E-state index in [0.717, 1.165) is 25.7 Å². The molecule has 0 spiro atoms. The van der Waals surface area contributed by atoms with E-state index < -0.39 is 18.0 Å². The minimum atomic E-state index is -1.42. The van der Waals surface area contributed by atoms with Gasteiger partial charge in [0.2, 0.25) is 0 Å².